The Balaban J connectivity index is 0.00000115. The number of ether oxygens (including phenoxy) is 2. The summed E-state index contributed by atoms with van der Waals surface area (Å²) in [6, 6.07) is 0. The van der Waals surface area contributed by atoms with Crippen LogP contribution < -0.4 is 0 Å². The van der Waals surface area contributed by atoms with E-state index in [1.807, 2.05) is 26.8 Å². The quantitative estimate of drug-likeness (QED) is 0.121. The fourth-order valence-electron chi connectivity index (χ4n) is 4.16. The lowest BCUT2D eigenvalue weighted by Gasteiger charge is -2.34. The first-order chi connectivity index (χ1) is 16.8. The van der Waals surface area contributed by atoms with Crippen molar-refractivity contribution in [3.05, 3.63) is 24.3 Å². The van der Waals surface area contributed by atoms with Gasteiger partial charge in [-0.05, 0) is 51.4 Å². The van der Waals surface area contributed by atoms with Crippen LogP contribution in [0.25, 0.3) is 0 Å². The van der Waals surface area contributed by atoms with Crippen LogP contribution in [-0.2, 0) is 19.1 Å². The molecule has 2 N–H and O–H groups in total. The first-order valence-corrected chi connectivity index (χ1v) is 13.6. The first kappa shape index (κ1) is 34.7. The van der Waals surface area contributed by atoms with Crippen LogP contribution in [0.2, 0.25) is 0 Å². The Hall–Kier alpha value is -1.32. The molecule has 0 saturated carbocycles. The van der Waals surface area contributed by atoms with Crippen LogP contribution in [0.1, 0.15) is 80.6 Å². The average Bonchev–Trinajstić information content (AvgIpc) is 3.49. The van der Waals surface area contributed by atoms with Crippen molar-refractivity contribution in [3.8, 4) is 0 Å². The number of aliphatic hydroxyl groups is 2. The number of Topliss-reactive ketones (excluding diaryl/α,β-unsaturated/α-hetero) is 1. The largest absolute Gasteiger partial charge is 0.392 e. The highest BCUT2D eigenvalue weighted by Crippen LogP contribution is 2.43. The third-order valence-corrected chi connectivity index (χ3v) is 7.52. The van der Waals surface area contributed by atoms with Gasteiger partial charge in [0.1, 0.15) is 12.1 Å². The van der Waals surface area contributed by atoms with Gasteiger partial charge in [0.15, 0.2) is 0 Å². The summed E-state index contributed by atoms with van der Waals surface area (Å²) in [5.74, 6) is -0.852. The number of carbonyl (C=O) groups is 2. The maximum atomic E-state index is 12.7. The van der Waals surface area contributed by atoms with Crippen molar-refractivity contribution in [1.82, 2.24) is 0 Å². The zero-order chi connectivity index (χ0) is 27.9. The molecule has 36 heavy (non-hydrogen) atoms. The molecule has 6 atom stereocenters. The van der Waals surface area contributed by atoms with Gasteiger partial charge in [-0.25, -0.2) is 0 Å². The van der Waals surface area contributed by atoms with Gasteiger partial charge in [-0.1, -0.05) is 58.5 Å². The number of aliphatic imine (C=N–C) groups is 1. The van der Waals surface area contributed by atoms with Crippen molar-refractivity contribution in [2.45, 2.75) is 104 Å². The minimum absolute atomic E-state index is 0.0391. The van der Waals surface area contributed by atoms with Gasteiger partial charge in [0.05, 0.1) is 34.4 Å². The molecule has 0 radical (unpaired) electrons. The molecule has 1 aliphatic heterocycles. The number of rotatable bonds is 16. The second-order valence-corrected chi connectivity index (χ2v) is 11.4. The molecule has 1 saturated heterocycles. The Bertz CT molecular complexity index is 738. The summed E-state index contributed by atoms with van der Waals surface area (Å²) >= 11 is 1.53. The van der Waals surface area contributed by atoms with Crippen LogP contribution in [0.3, 0.4) is 0 Å². The maximum Gasteiger partial charge on any atom is 0.146 e. The van der Waals surface area contributed by atoms with E-state index >= 15 is 0 Å². The highest BCUT2D eigenvalue weighted by atomic mass is 32.2. The lowest BCUT2D eigenvalue weighted by molar-refractivity contribution is -0.142. The Labute approximate surface area is 222 Å². The van der Waals surface area contributed by atoms with Crippen LogP contribution >= 0.6 is 11.8 Å². The summed E-state index contributed by atoms with van der Waals surface area (Å²) in [5, 5.41) is 23.5. The summed E-state index contributed by atoms with van der Waals surface area (Å²) in [5.41, 5.74) is -1.16. The average molecular weight is 528 g/mol. The molecular weight excluding hydrogens is 478 g/mol. The number of epoxide rings is 1. The molecule has 0 bridgehead atoms. The predicted octanol–water partition coefficient (Wildman–Crippen LogP) is 5.34. The van der Waals surface area contributed by atoms with Gasteiger partial charge in [-0.2, -0.15) is 0 Å². The van der Waals surface area contributed by atoms with Crippen LogP contribution in [0.4, 0.5) is 0 Å². The monoisotopic (exact) mass is 527 g/mol. The molecule has 1 aliphatic rings. The highest BCUT2D eigenvalue weighted by Gasteiger charge is 2.50. The number of hydrogen-bond acceptors (Lipinski definition) is 8. The molecule has 1 rings (SSSR count). The Morgan fingerprint density at radius 3 is 2.50 bits per heavy atom. The number of thioether (sulfide) groups is 1. The van der Waals surface area contributed by atoms with Gasteiger partial charge < -0.3 is 24.5 Å². The van der Waals surface area contributed by atoms with Crippen molar-refractivity contribution in [1.29, 1.82) is 0 Å². The standard InChI is InChI=1S/C21H38O6.C7H11NS/c1-14(8-7-11-21(5)17(27-21)10-13-26-6)18(24)15(2)19(25)20(3,4)16(23)9-12-22;1-4-6-8-7(3)9-5-2/h12,14-18,23-24H,7-11,13H2,1-6H3;4-6H,2H2,1,3H3/b;6-4-,8-7?. The zero-order valence-electron chi connectivity index (χ0n) is 23.5. The third kappa shape index (κ3) is 11.8. The summed E-state index contributed by atoms with van der Waals surface area (Å²) in [6.45, 7) is 17.2. The predicted molar refractivity (Wildman–Crippen MR) is 149 cm³/mol. The molecule has 6 unspecified atom stereocenters. The maximum absolute atomic E-state index is 12.7. The van der Waals surface area contributed by atoms with Gasteiger partial charge in [-0.15, -0.1) is 0 Å². The number of hydrogen-bond donors (Lipinski definition) is 2. The molecule has 0 spiro atoms. The number of carbonyl (C=O) groups excluding carboxylic acids is 2. The normalized spacial score (nSPS) is 23.3. The van der Waals surface area contributed by atoms with E-state index in [2.05, 4.69) is 18.5 Å². The molecule has 8 heteroatoms. The van der Waals surface area contributed by atoms with Crippen molar-refractivity contribution >= 4 is 28.9 Å². The number of allylic oxidation sites excluding steroid dienone is 1. The number of methoxy groups -OCH3 is 1. The Kier molecular flexibility index (Phi) is 16.6. The van der Waals surface area contributed by atoms with Crippen molar-refractivity contribution < 1.29 is 29.3 Å². The van der Waals surface area contributed by atoms with Crippen molar-refractivity contribution in [3.63, 3.8) is 0 Å². The third-order valence-electron chi connectivity index (χ3n) is 6.91. The second-order valence-electron chi connectivity index (χ2n) is 10.3. The zero-order valence-corrected chi connectivity index (χ0v) is 24.3. The molecule has 208 valence electrons. The molecular formula is C28H49NO6S. The SMILES string of the molecule is C=CSC(C)=N/C=C\C.COCCC1OC1(C)CCCC(C)C(O)C(C)C(=O)C(C)(C)C(O)CC=O. The van der Waals surface area contributed by atoms with Crippen LogP contribution in [0, 0.1) is 17.3 Å². The number of aliphatic hydroxyl groups excluding tert-OH is 2. The molecule has 0 amide bonds. The molecule has 0 aliphatic carbocycles. The van der Waals surface area contributed by atoms with E-state index in [1.165, 1.54) is 11.8 Å². The minimum atomic E-state index is -1.06. The van der Waals surface area contributed by atoms with Gasteiger partial charge in [0.25, 0.3) is 0 Å². The molecule has 7 nitrogen and oxygen atoms in total. The fourth-order valence-corrected chi connectivity index (χ4v) is 4.52. The summed E-state index contributed by atoms with van der Waals surface area (Å²) in [4.78, 5) is 27.5. The summed E-state index contributed by atoms with van der Waals surface area (Å²) < 4.78 is 10.9. The highest BCUT2D eigenvalue weighted by molar-refractivity contribution is 8.16. The lowest BCUT2D eigenvalue weighted by atomic mass is 9.73. The summed E-state index contributed by atoms with van der Waals surface area (Å²) in [6.07, 6.45) is 6.16. The van der Waals surface area contributed by atoms with Crippen molar-refractivity contribution in [2.75, 3.05) is 13.7 Å². The van der Waals surface area contributed by atoms with E-state index in [9.17, 15) is 19.8 Å². The molecule has 0 aromatic rings. The summed E-state index contributed by atoms with van der Waals surface area (Å²) in [7, 11) is 1.69. The minimum Gasteiger partial charge on any atom is -0.392 e. The van der Waals surface area contributed by atoms with Crippen molar-refractivity contribution in [2.24, 2.45) is 22.2 Å². The van der Waals surface area contributed by atoms with E-state index < -0.39 is 23.5 Å². The lowest BCUT2D eigenvalue weighted by Crippen LogP contribution is -2.44. The van der Waals surface area contributed by atoms with E-state index in [4.69, 9.17) is 9.47 Å². The van der Waals surface area contributed by atoms with E-state index in [1.54, 1.807) is 39.5 Å². The fraction of sp³-hybridized carbons (Fsp3) is 0.750. The van der Waals surface area contributed by atoms with Crippen LogP contribution in [0.5, 0.6) is 0 Å². The van der Waals surface area contributed by atoms with Crippen LogP contribution in [-0.4, -0.2) is 65.0 Å². The Morgan fingerprint density at radius 2 is 1.97 bits per heavy atom. The van der Waals surface area contributed by atoms with Gasteiger partial charge >= 0.3 is 0 Å². The van der Waals surface area contributed by atoms with E-state index in [0.29, 0.717) is 12.9 Å². The second kappa shape index (κ2) is 17.2. The first-order valence-electron chi connectivity index (χ1n) is 12.8. The number of ketones is 1. The molecule has 1 fully saturated rings. The van der Waals surface area contributed by atoms with Crippen LogP contribution in [0.15, 0.2) is 29.3 Å². The molecule has 0 aromatic heterocycles. The van der Waals surface area contributed by atoms with E-state index in [0.717, 1.165) is 30.7 Å². The topological polar surface area (TPSA) is 109 Å². The Morgan fingerprint density at radius 1 is 1.33 bits per heavy atom. The van der Waals surface area contributed by atoms with Gasteiger partial charge in [0, 0.05) is 32.3 Å². The van der Waals surface area contributed by atoms with Gasteiger partial charge in [0.2, 0.25) is 0 Å². The number of aldehydes is 1. The smallest absolute Gasteiger partial charge is 0.146 e. The van der Waals surface area contributed by atoms with Gasteiger partial charge in [-0.3, -0.25) is 9.79 Å². The number of nitrogens with zero attached hydrogens (tertiary/aromatic N) is 1. The molecule has 1 heterocycles. The molecule has 0 aromatic carbocycles. The van der Waals surface area contributed by atoms with E-state index in [-0.39, 0.29) is 29.8 Å².